The number of nitrogens with two attached hydrogens (primary N) is 1. The van der Waals surface area contributed by atoms with Gasteiger partial charge in [-0.1, -0.05) is 0 Å². The summed E-state index contributed by atoms with van der Waals surface area (Å²) in [6.45, 7) is -0.376. The van der Waals surface area contributed by atoms with Gasteiger partial charge in [0.25, 0.3) is 11.6 Å². The highest BCUT2D eigenvalue weighted by Gasteiger charge is 2.40. The third-order valence-electron chi connectivity index (χ3n) is 3.83. The first-order valence-corrected chi connectivity index (χ1v) is 11.2. The normalized spacial score (nSPS) is 19.3. The molecular weight excluding hydrogens is 433 g/mol. The molecule has 1 heterocycles. The molecule has 160 valence electrons. The zero-order valence-corrected chi connectivity index (χ0v) is 16.5. The van der Waals surface area contributed by atoms with Crippen molar-refractivity contribution in [1.29, 1.82) is 0 Å². The Hall–Kier alpha value is -2.58. The summed E-state index contributed by atoms with van der Waals surface area (Å²) in [5.41, 5.74) is 5.68. The van der Waals surface area contributed by atoms with E-state index in [1.54, 1.807) is 0 Å². The van der Waals surface area contributed by atoms with Crippen molar-refractivity contribution >= 4 is 35.6 Å². The van der Waals surface area contributed by atoms with E-state index in [4.69, 9.17) is 14.8 Å². The zero-order chi connectivity index (χ0) is 21.8. The topological polar surface area (TPSA) is 211 Å². The predicted octanol–water partition coefficient (Wildman–Crippen LogP) is 0.271. The third kappa shape index (κ3) is 6.47. The minimum Gasteiger partial charge on any atom is -0.445 e. The van der Waals surface area contributed by atoms with Crippen LogP contribution in [0, 0.1) is 10.1 Å². The maximum Gasteiger partial charge on any atom is 0.408 e. The van der Waals surface area contributed by atoms with E-state index >= 15 is 0 Å². The molecule has 1 fully saturated rings. The van der Waals surface area contributed by atoms with E-state index in [1.165, 1.54) is 28.8 Å². The first kappa shape index (κ1) is 22.7. The van der Waals surface area contributed by atoms with E-state index in [2.05, 4.69) is 5.32 Å². The number of piperidine rings is 1. The standard InChI is InChI=1S/C13H18N5O9PS/c14-28(23,16-29(24,25)26)17-7-1-2-11(12(17)19)15-13(20)27-8-9-3-5-10(6-4-9)18(21)22/h3-6,11H,1-2,7-8H2,(H,15,20)(H3,14,16,23)(H,24,25,26)/t11-,28?/m0/s1. The van der Waals surface area contributed by atoms with Gasteiger partial charge >= 0.3 is 24.0 Å². The highest BCUT2D eigenvalue weighted by Crippen LogP contribution is 2.40. The fourth-order valence-electron chi connectivity index (χ4n) is 2.55. The number of alkyl carbamates (subject to hydrolysis) is 1. The van der Waals surface area contributed by atoms with Crippen LogP contribution in [0.2, 0.25) is 0 Å². The van der Waals surface area contributed by atoms with Gasteiger partial charge in [0.05, 0.1) is 4.92 Å². The van der Waals surface area contributed by atoms with Crippen LogP contribution in [0.5, 0.6) is 0 Å². The second-order valence-corrected chi connectivity index (χ2v) is 9.40. The third-order valence-corrected chi connectivity index (χ3v) is 6.91. The zero-order valence-electron chi connectivity index (χ0n) is 14.8. The molecule has 1 aliphatic heterocycles. The molecular formula is C13H18N5O9PS. The van der Waals surface area contributed by atoms with Crippen LogP contribution < -0.4 is 15.3 Å². The number of hydrogen-bond donors (Lipinski definition) is 4. The van der Waals surface area contributed by atoms with Gasteiger partial charge in [-0.2, -0.15) is 8.42 Å². The van der Waals surface area contributed by atoms with Crippen LogP contribution in [-0.2, 0) is 31.0 Å². The summed E-state index contributed by atoms with van der Waals surface area (Å²) in [7, 11) is -9.38. The Labute approximate surface area is 164 Å². The molecule has 1 aromatic carbocycles. The molecule has 5 N–H and O–H groups in total. The Morgan fingerprint density at radius 3 is 2.59 bits per heavy atom. The van der Waals surface area contributed by atoms with Crippen LogP contribution in [0.1, 0.15) is 18.4 Å². The van der Waals surface area contributed by atoms with E-state index in [-0.39, 0.29) is 31.7 Å². The SMILES string of the molecule is NP(=O)(NS(=O)(=O)O)N1CCC[C@H](NC(=O)OCc2ccc([N+](=O)[O-])cc2)C1=O. The number of rotatable bonds is 7. The second kappa shape index (κ2) is 8.84. The summed E-state index contributed by atoms with van der Waals surface area (Å²) in [6.07, 6.45) is -0.584. The van der Waals surface area contributed by atoms with Crippen LogP contribution in [0.25, 0.3) is 0 Å². The van der Waals surface area contributed by atoms with E-state index in [1.807, 2.05) is 0 Å². The van der Waals surface area contributed by atoms with Gasteiger partial charge in [-0.25, -0.2) is 4.79 Å². The number of nitrogens with one attached hydrogen (secondary N) is 2. The van der Waals surface area contributed by atoms with Crippen molar-refractivity contribution in [1.82, 2.24) is 14.5 Å². The number of amides is 2. The van der Waals surface area contributed by atoms with Gasteiger partial charge in [0.15, 0.2) is 0 Å². The first-order valence-electron chi connectivity index (χ1n) is 8.02. The molecule has 29 heavy (non-hydrogen) atoms. The van der Waals surface area contributed by atoms with Gasteiger partial charge in [-0.05, 0) is 30.5 Å². The van der Waals surface area contributed by atoms with Crippen LogP contribution in [0.4, 0.5) is 10.5 Å². The van der Waals surface area contributed by atoms with Gasteiger partial charge in [0.2, 0.25) is 0 Å². The number of nitrogens with zero attached hydrogens (tertiary/aromatic N) is 2. The van der Waals surface area contributed by atoms with Crippen molar-refractivity contribution < 1.29 is 36.8 Å². The van der Waals surface area contributed by atoms with E-state index in [0.717, 1.165) is 0 Å². The molecule has 0 radical (unpaired) electrons. The molecule has 1 saturated heterocycles. The number of non-ortho nitro benzene ring substituents is 1. The monoisotopic (exact) mass is 451 g/mol. The predicted molar refractivity (Wildman–Crippen MR) is 97.6 cm³/mol. The van der Waals surface area contributed by atoms with E-state index in [9.17, 15) is 32.7 Å². The molecule has 0 saturated carbocycles. The Kier molecular flexibility index (Phi) is 6.92. The van der Waals surface area contributed by atoms with Crippen molar-refractivity contribution in [3.05, 3.63) is 39.9 Å². The molecule has 0 aliphatic carbocycles. The Balaban J connectivity index is 1.94. The number of carbonyl (C=O) groups is 2. The van der Waals surface area contributed by atoms with E-state index in [0.29, 0.717) is 10.2 Å². The van der Waals surface area contributed by atoms with E-state index < -0.39 is 40.9 Å². The number of ether oxygens (including phenoxy) is 1. The lowest BCUT2D eigenvalue weighted by Crippen LogP contribution is -2.53. The quantitative estimate of drug-likeness (QED) is 0.192. The molecule has 16 heteroatoms. The number of hydrogen-bond acceptors (Lipinski definition) is 8. The highest BCUT2D eigenvalue weighted by atomic mass is 32.2. The highest BCUT2D eigenvalue weighted by molar-refractivity contribution is 7.90. The minimum atomic E-state index is -4.93. The smallest absolute Gasteiger partial charge is 0.408 e. The van der Waals surface area contributed by atoms with Crippen LogP contribution in [0.3, 0.4) is 0 Å². The molecule has 1 aliphatic rings. The lowest BCUT2D eigenvalue weighted by Gasteiger charge is -2.35. The Morgan fingerprint density at radius 1 is 1.41 bits per heavy atom. The maximum atomic E-state index is 12.4. The fourth-order valence-corrected chi connectivity index (χ4v) is 5.14. The number of benzene rings is 1. The lowest BCUT2D eigenvalue weighted by molar-refractivity contribution is -0.384. The average Bonchev–Trinajstić information content (AvgIpc) is 2.60. The van der Waals surface area contributed by atoms with Crippen LogP contribution >= 0.6 is 7.59 Å². The number of carbonyl (C=O) groups excluding carboxylic acids is 2. The van der Waals surface area contributed by atoms with Gasteiger partial charge in [0.1, 0.15) is 12.6 Å². The van der Waals surface area contributed by atoms with Gasteiger partial charge < -0.3 is 10.1 Å². The van der Waals surface area contributed by atoms with Crippen LogP contribution in [0.15, 0.2) is 24.3 Å². The molecule has 14 nitrogen and oxygen atoms in total. The second-order valence-electron chi connectivity index (χ2n) is 5.99. The van der Waals surface area contributed by atoms with Crippen molar-refractivity contribution in [2.45, 2.75) is 25.5 Å². The fraction of sp³-hybridized carbons (Fsp3) is 0.385. The van der Waals surface area contributed by atoms with Gasteiger partial charge in [-0.3, -0.25) is 34.2 Å². The van der Waals surface area contributed by atoms with Crippen molar-refractivity contribution in [3.8, 4) is 0 Å². The summed E-state index contributed by atoms with van der Waals surface area (Å²) in [6, 6.07) is 4.09. The summed E-state index contributed by atoms with van der Waals surface area (Å²) >= 11 is 0. The molecule has 0 spiro atoms. The minimum absolute atomic E-state index is 0.129. The summed E-state index contributed by atoms with van der Waals surface area (Å²) in [5.74, 6) is -0.912. The van der Waals surface area contributed by atoms with Crippen molar-refractivity contribution in [2.24, 2.45) is 5.50 Å². The first-order chi connectivity index (χ1) is 13.4. The molecule has 1 aromatic rings. The maximum absolute atomic E-state index is 12.4. The molecule has 0 aromatic heterocycles. The van der Waals surface area contributed by atoms with Crippen molar-refractivity contribution in [2.75, 3.05) is 6.54 Å². The summed E-state index contributed by atoms with van der Waals surface area (Å²) in [5, 5.41) is 12.9. The number of nitro benzene ring substituents is 1. The number of nitro groups is 1. The Morgan fingerprint density at radius 2 is 2.03 bits per heavy atom. The lowest BCUT2D eigenvalue weighted by atomic mass is 10.1. The largest absolute Gasteiger partial charge is 0.445 e. The van der Waals surface area contributed by atoms with Crippen molar-refractivity contribution in [3.63, 3.8) is 0 Å². The summed E-state index contributed by atoms with van der Waals surface area (Å²) < 4.78 is 49.5. The molecule has 0 bridgehead atoms. The molecule has 2 atom stereocenters. The molecule has 2 rings (SSSR count). The summed E-state index contributed by atoms with van der Waals surface area (Å²) in [4.78, 5) is 34.3. The van der Waals surface area contributed by atoms with Gasteiger partial charge in [-0.15, -0.1) is 4.49 Å². The van der Waals surface area contributed by atoms with Gasteiger partial charge in [0, 0.05) is 18.7 Å². The average molecular weight is 451 g/mol. The van der Waals surface area contributed by atoms with Crippen LogP contribution in [-0.4, -0.2) is 47.2 Å². The Bertz CT molecular complexity index is 952. The molecule has 2 amide bonds. The molecule has 1 unspecified atom stereocenters.